The van der Waals surface area contributed by atoms with Gasteiger partial charge in [0.2, 0.25) is 11.8 Å². The lowest BCUT2D eigenvalue weighted by atomic mass is 10.3. The van der Waals surface area contributed by atoms with Crippen LogP contribution < -0.4 is 0 Å². The van der Waals surface area contributed by atoms with Crippen LogP contribution >= 0.6 is 0 Å². The molecule has 1 heterocycles. The van der Waals surface area contributed by atoms with Crippen LogP contribution in [0.1, 0.15) is 20.8 Å². The number of carbonyl (C=O) groups excluding carboxylic acids is 2. The fraction of sp³-hybridized carbons (Fsp3) is 0.800. The van der Waals surface area contributed by atoms with Gasteiger partial charge in [0.25, 0.3) is 0 Å². The smallest absolute Gasteiger partial charge is 0.248 e. The number of carbonyl (C=O) groups is 2. The van der Waals surface area contributed by atoms with Gasteiger partial charge in [-0.1, -0.05) is 13.8 Å². The second-order valence-electron chi connectivity index (χ2n) is 3.04. The maximum atomic E-state index is 11.0. The van der Waals surface area contributed by atoms with Crippen LogP contribution in [0.15, 0.2) is 0 Å². The first-order valence-corrected chi connectivity index (χ1v) is 5.29. The predicted molar refractivity (Wildman–Crippen MR) is 57.3 cm³/mol. The Kier molecular flexibility index (Phi) is 6.70. The van der Waals surface area contributed by atoms with E-state index in [4.69, 9.17) is 5.11 Å². The summed E-state index contributed by atoms with van der Waals surface area (Å²) in [5.74, 6) is -0.223. The summed E-state index contributed by atoms with van der Waals surface area (Å²) >= 11 is 0. The molecule has 0 aromatic rings. The molecule has 0 aromatic carbocycles. The average molecular weight is 216 g/mol. The third-order valence-electron chi connectivity index (χ3n) is 2.21. The highest BCUT2D eigenvalue weighted by atomic mass is 16.3. The Labute approximate surface area is 90.7 Å². The van der Waals surface area contributed by atoms with Crippen molar-refractivity contribution >= 4 is 11.8 Å². The van der Waals surface area contributed by atoms with Crippen LogP contribution in [0.25, 0.3) is 0 Å². The van der Waals surface area contributed by atoms with Gasteiger partial charge >= 0.3 is 0 Å². The van der Waals surface area contributed by atoms with Crippen molar-refractivity contribution < 1.29 is 14.7 Å². The van der Waals surface area contributed by atoms with Crippen LogP contribution in [0.3, 0.4) is 0 Å². The molecule has 0 spiro atoms. The summed E-state index contributed by atoms with van der Waals surface area (Å²) in [5.41, 5.74) is 0. The minimum Gasteiger partial charge on any atom is -0.387 e. The van der Waals surface area contributed by atoms with Crippen molar-refractivity contribution in [2.75, 3.05) is 32.8 Å². The molecule has 1 aliphatic heterocycles. The third kappa shape index (κ3) is 4.29. The van der Waals surface area contributed by atoms with Crippen molar-refractivity contribution in [3.63, 3.8) is 0 Å². The zero-order valence-electron chi connectivity index (χ0n) is 9.69. The molecule has 0 aliphatic carbocycles. The zero-order valence-corrected chi connectivity index (χ0v) is 9.69. The first-order valence-electron chi connectivity index (χ1n) is 5.29. The molecule has 5 nitrogen and oxygen atoms in total. The van der Waals surface area contributed by atoms with Crippen LogP contribution in [-0.4, -0.2) is 59.5 Å². The predicted octanol–water partition coefficient (Wildman–Crippen LogP) is -0.304. The van der Waals surface area contributed by atoms with E-state index in [9.17, 15) is 9.59 Å². The molecule has 0 bridgehead atoms. The maximum absolute atomic E-state index is 11.0. The molecular formula is C10H20N2O3. The van der Waals surface area contributed by atoms with Crippen LogP contribution in [0.4, 0.5) is 0 Å². The SMILES string of the molecule is CC.CC(=O)N1CCN(C(=O)CO)CC1. The summed E-state index contributed by atoms with van der Waals surface area (Å²) < 4.78 is 0. The Morgan fingerprint density at radius 3 is 1.80 bits per heavy atom. The summed E-state index contributed by atoms with van der Waals surface area (Å²) in [5, 5.41) is 8.59. The van der Waals surface area contributed by atoms with Crippen molar-refractivity contribution in [2.45, 2.75) is 20.8 Å². The van der Waals surface area contributed by atoms with Crippen molar-refractivity contribution in [3.8, 4) is 0 Å². The summed E-state index contributed by atoms with van der Waals surface area (Å²) in [6, 6.07) is 0. The van der Waals surface area contributed by atoms with Crippen molar-refractivity contribution in [2.24, 2.45) is 0 Å². The van der Waals surface area contributed by atoms with Gasteiger partial charge in [-0.3, -0.25) is 9.59 Å². The van der Waals surface area contributed by atoms with Gasteiger partial charge in [0, 0.05) is 33.1 Å². The number of aliphatic hydroxyl groups is 1. The van der Waals surface area contributed by atoms with E-state index in [-0.39, 0.29) is 11.8 Å². The fourth-order valence-corrected chi connectivity index (χ4v) is 1.37. The molecule has 0 radical (unpaired) electrons. The Hall–Kier alpha value is -1.10. The monoisotopic (exact) mass is 216 g/mol. The highest BCUT2D eigenvalue weighted by molar-refractivity contribution is 5.78. The van der Waals surface area contributed by atoms with Gasteiger partial charge in [0.1, 0.15) is 6.61 Å². The lowest BCUT2D eigenvalue weighted by molar-refractivity contribution is -0.140. The van der Waals surface area contributed by atoms with Crippen LogP contribution in [0, 0.1) is 0 Å². The lowest BCUT2D eigenvalue weighted by Crippen LogP contribution is -2.50. The molecule has 0 unspecified atom stereocenters. The van der Waals surface area contributed by atoms with E-state index in [2.05, 4.69) is 0 Å². The number of nitrogens with zero attached hydrogens (tertiary/aromatic N) is 2. The number of aliphatic hydroxyl groups excluding tert-OH is 1. The van der Waals surface area contributed by atoms with E-state index in [0.29, 0.717) is 26.2 Å². The largest absolute Gasteiger partial charge is 0.387 e. The van der Waals surface area contributed by atoms with Crippen molar-refractivity contribution in [1.82, 2.24) is 9.80 Å². The lowest BCUT2D eigenvalue weighted by Gasteiger charge is -2.33. The van der Waals surface area contributed by atoms with Crippen molar-refractivity contribution in [3.05, 3.63) is 0 Å². The second kappa shape index (κ2) is 7.23. The molecular weight excluding hydrogens is 196 g/mol. The molecule has 0 aromatic heterocycles. The summed E-state index contributed by atoms with van der Waals surface area (Å²) in [7, 11) is 0. The minimum absolute atomic E-state index is 0.0381. The molecule has 2 amide bonds. The van der Waals surface area contributed by atoms with E-state index < -0.39 is 6.61 Å². The summed E-state index contributed by atoms with van der Waals surface area (Å²) in [6.45, 7) is 7.27. The van der Waals surface area contributed by atoms with Gasteiger partial charge in [0.15, 0.2) is 0 Å². The topological polar surface area (TPSA) is 60.9 Å². The minimum atomic E-state index is -0.444. The number of rotatable bonds is 1. The van der Waals surface area contributed by atoms with Gasteiger partial charge in [-0.2, -0.15) is 0 Å². The van der Waals surface area contributed by atoms with E-state index in [1.807, 2.05) is 13.8 Å². The quantitative estimate of drug-likeness (QED) is 0.654. The number of hydrogen-bond donors (Lipinski definition) is 1. The van der Waals surface area contributed by atoms with Gasteiger partial charge < -0.3 is 14.9 Å². The second-order valence-corrected chi connectivity index (χ2v) is 3.04. The highest BCUT2D eigenvalue weighted by Crippen LogP contribution is 2.01. The highest BCUT2D eigenvalue weighted by Gasteiger charge is 2.21. The molecule has 1 rings (SSSR count). The van der Waals surface area contributed by atoms with E-state index in [1.54, 1.807) is 9.80 Å². The zero-order chi connectivity index (χ0) is 11.8. The Bertz CT molecular complexity index is 211. The molecule has 0 saturated carbocycles. The van der Waals surface area contributed by atoms with Gasteiger partial charge in [-0.25, -0.2) is 0 Å². The molecule has 1 fully saturated rings. The van der Waals surface area contributed by atoms with Gasteiger partial charge in [0.05, 0.1) is 0 Å². The van der Waals surface area contributed by atoms with Crippen LogP contribution in [-0.2, 0) is 9.59 Å². The molecule has 5 heteroatoms. The Morgan fingerprint density at radius 2 is 1.47 bits per heavy atom. The van der Waals surface area contributed by atoms with Gasteiger partial charge in [-0.05, 0) is 0 Å². The van der Waals surface area contributed by atoms with E-state index in [0.717, 1.165) is 0 Å². The van der Waals surface area contributed by atoms with Crippen molar-refractivity contribution in [1.29, 1.82) is 0 Å². The summed E-state index contributed by atoms with van der Waals surface area (Å²) in [6.07, 6.45) is 0. The average Bonchev–Trinajstić information content (AvgIpc) is 2.31. The summed E-state index contributed by atoms with van der Waals surface area (Å²) in [4.78, 5) is 25.2. The maximum Gasteiger partial charge on any atom is 0.248 e. The molecule has 1 N–H and O–H groups in total. The van der Waals surface area contributed by atoms with Crippen LogP contribution in [0.2, 0.25) is 0 Å². The number of piperazine rings is 1. The van der Waals surface area contributed by atoms with E-state index in [1.165, 1.54) is 6.92 Å². The first-order chi connectivity index (χ1) is 7.15. The number of hydrogen-bond acceptors (Lipinski definition) is 3. The first kappa shape index (κ1) is 13.9. The van der Waals surface area contributed by atoms with Crippen LogP contribution in [0.5, 0.6) is 0 Å². The fourth-order valence-electron chi connectivity index (χ4n) is 1.37. The van der Waals surface area contributed by atoms with E-state index >= 15 is 0 Å². The normalized spacial score (nSPS) is 15.5. The third-order valence-corrected chi connectivity index (χ3v) is 2.21. The molecule has 1 aliphatic rings. The standard InChI is InChI=1S/C8H14N2O3.C2H6/c1-7(12)9-2-4-10(5-3-9)8(13)6-11;1-2/h11H,2-6H2,1H3;1-2H3. The molecule has 1 saturated heterocycles. The molecule has 88 valence electrons. The number of amides is 2. The molecule has 15 heavy (non-hydrogen) atoms. The molecule has 0 atom stereocenters. The Morgan fingerprint density at radius 1 is 1.07 bits per heavy atom. The Balaban J connectivity index is 0.000000921. The van der Waals surface area contributed by atoms with Gasteiger partial charge in [-0.15, -0.1) is 0 Å².